The number of carboxylic acid groups (broad SMARTS) is 1. The summed E-state index contributed by atoms with van der Waals surface area (Å²) in [6, 6.07) is 0.467. The topological polar surface area (TPSA) is 40.5 Å². The lowest BCUT2D eigenvalue weighted by atomic mass is 9.88. The minimum Gasteiger partial charge on any atom is -0.480 e. The summed E-state index contributed by atoms with van der Waals surface area (Å²) in [5.74, 6) is 0.643. The zero-order valence-corrected chi connectivity index (χ0v) is 12.3. The summed E-state index contributed by atoms with van der Waals surface area (Å²) in [7, 11) is 0. The van der Waals surface area contributed by atoms with Crippen LogP contribution >= 0.6 is 11.8 Å². The summed E-state index contributed by atoms with van der Waals surface area (Å²) >= 11 is 2.01. The smallest absolute Gasteiger partial charge is 0.324 e. The number of carboxylic acids is 1. The second-order valence-electron chi connectivity index (χ2n) is 5.67. The molecule has 2 heterocycles. The number of carbonyl (C=O) groups is 1. The van der Waals surface area contributed by atoms with Crippen molar-refractivity contribution in [1.82, 2.24) is 4.90 Å². The summed E-state index contributed by atoms with van der Waals surface area (Å²) in [5.41, 5.74) is -0.564. The van der Waals surface area contributed by atoms with Gasteiger partial charge in [-0.3, -0.25) is 9.69 Å². The fraction of sp³-hybridized carbons (Fsp3) is 0.929. The van der Waals surface area contributed by atoms with E-state index in [1.165, 1.54) is 18.6 Å². The third kappa shape index (κ3) is 2.42. The monoisotopic (exact) mass is 271 g/mol. The number of hydrogen-bond donors (Lipinski definition) is 1. The lowest BCUT2D eigenvalue weighted by Crippen LogP contribution is -2.57. The molecule has 2 aliphatic heterocycles. The molecule has 2 saturated heterocycles. The van der Waals surface area contributed by atoms with Crippen molar-refractivity contribution in [2.24, 2.45) is 0 Å². The first-order chi connectivity index (χ1) is 8.62. The number of thioether (sulfide) groups is 1. The van der Waals surface area contributed by atoms with E-state index in [9.17, 15) is 9.90 Å². The van der Waals surface area contributed by atoms with Crippen LogP contribution in [-0.4, -0.2) is 45.1 Å². The van der Waals surface area contributed by atoms with E-state index in [2.05, 4.69) is 18.7 Å². The molecule has 0 bridgehead atoms. The Bertz CT molecular complexity index is 310. The Morgan fingerprint density at radius 2 is 2.28 bits per heavy atom. The van der Waals surface area contributed by atoms with E-state index in [0.717, 1.165) is 32.2 Å². The average molecular weight is 271 g/mol. The highest BCUT2D eigenvalue weighted by molar-refractivity contribution is 7.99. The molecule has 104 valence electrons. The fourth-order valence-electron chi connectivity index (χ4n) is 3.72. The summed E-state index contributed by atoms with van der Waals surface area (Å²) in [6.45, 7) is 5.34. The van der Waals surface area contributed by atoms with Crippen LogP contribution in [0.15, 0.2) is 0 Å². The van der Waals surface area contributed by atoms with Gasteiger partial charge in [-0.1, -0.05) is 20.3 Å². The normalized spacial score (nSPS) is 37.9. The van der Waals surface area contributed by atoms with Gasteiger partial charge in [0.15, 0.2) is 0 Å². The molecule has 18 heavy (non-hydrogen) atoms. The van der Waals surface area contributed by atoms with Crippen molar-refractivity contribution in [1.29, 1.82) is 0 Å². The number of likely N-dealkylation sites (tertiary alicyclic amines) is 1. The molecule has 0 aromatic rings. The highest BCUT2D eigenvalue weighted by Gasteiger charge is 2.50. The molecule has 2 rings (SSSR count). The van der Waals surface area contributed by atoms with E-state index in [1.54, 1.807) is 0 Å². The highest BCUT2D eigenvalue weighted by Crippen LogP contribution is 2.40. The van der Waals surface area contributed by atoms with Crippen molar-refractivity contribution < 1.29 is 9.90 Å². The van der Waals surface area contributed by atoms with Gasteiger partial charge in [-0.25, -0.2) is 0 Å². The third-order valence-electron chi connectivity index (χ3n) is 4.57. The molecule has 4 heteroatoms. The molecule has 2 aliphatic rings. The summed E-state index contributed by atoms with van der Waals surface area (Å²) in [6.07, 6.45) is 6.04. The largest absolute Gasteiger partial charge is 0.480 e. The van der Waals surface area contributed by atoms with Crippen LogP contribution in [0.5, 0.6) is 0 Å². The predicted molar refractivity (Wildman–Crippen MR) is 76.2 cm³/mol. The molecular formula is C14H25NO2S. The van der Waals surface area contributed by atoms with Gasteiger partial charge in [-0.15, -0.1) is 0 Å². The SMILES string of the molecule is CCCC1(C(=O)O)CCCN1C1CCCSC1C. The van der Waals surface area contributed by atoms with E-state index in [1.807, 2.05) is 11.8 Å². The molecular weight excluding hydrogens is 246 g/mol. The summed E-state index contributed by atoms with van der Waals surface area (Å²) in [4.78, 5) is 14.2. The standard InChI is InChI=1S/C14H25NO2S/c1-3-7-14(13(16)17)8-5-9-15(14)12-6-4-10-18-11(12)2/h11-12H,3-10H2,1-2H3,(H,16,17). The first kappa shape index (κ1) is 14.2. The van der Waals surface area contributed by atoms with Gasteiger partial charge in [-0.2, -0.15) is 11.8 Å². The third-order valence-corrected chi connectivity index (χ3v) is 5.93. The number of rotatable bonds is 4. The van der Waals surface area contributed by atoms with Gasteiger partial charge in [0.05, 0.1) is 0 Å². The van der Waals surface area contributed by atoms with Crippen molar-refractivity contribution in [3.8, 4) is 0 Å². The molecule has 3 nitrogen and oxygen atoms in total. The van der Waals surface area contributed by atoms with Gasteiger partial charge in [-0.05, 0) is 44.4 Å². The van der Waals surface area contributed by atoms with Crippen LogP contribution in [0.25, 0.3) is 0 Å². The minimum absolute atomic E-state index is 0.467. The van der Waals surface area contributed by atoms with Gasteiger partial charge in [0.1, 0.15) is 5.54 Å². The molecule has 2 fully saturated rings. The Hall–Kier alpha value is -0.220. The molecule has 0 aliphatic carbocycles. The Morgan fingerprint density at radius 1 is 1.50 bits per heavy atom. The van der Waals surface area contributed by atoms with Gasteiger partial charge in [0, 0.05) is 11.3 Å². The average Bonchev–Trinajstić information content (AvgIpc) is 2.75. The van der Waals surface area contributed by atoms with Crippen molar-refractivity contribution >= 4 is 17.7 Å². The fourth-order valence-corrected chi connectivity index (χ4v) is 4.93. The Labute approximate surface area is 114 Å². The van der Waals surface area contributed by atoms with Crippen LogP contribution in [0.1, 0.15) is 52.4 Å². The molecule has 0 amide bonds. The van der Waals surface area contributed by atoms with E-state index < -0.39 is 11.5 Å². The zero-order valence-electron chi connectivity index (χ0n) is 11.5. The molecule has 0 spiro atoms. The van der Waals surface area contributed by atoms with E-state index in [0.29, 0.717) is 11.3 Å². The summed E-state index contributed by atoms with van der Waals surface area (Å²) in [5, 5.41) is 10.3. The van der Waals surface area contributed by atoms with Crippen LogP contribution in [0.4, 0.5) is 0 Å². The van der Waals surface area contributed by atoms with Crippen molar-refractivity contribution in [3.63, 3.8) is 0 Å². The summed E-state index contributed by atoms with van der Waals surface area (Å²) < 4.78 is 0. The van der Waals surface area contributed by atoms with E-state index in [-0.39, 0.29) is 0 Å². The second-order valence-corrected chi connectivity index (χ2v) is 7.15. The lowest BCUT2D eigenvalue weighted by Gasteiger charge is -2.44. The first-order valence-electron chi connectivity index (χ1n) is 7.23. The maximum Gasteiger partial charge on any atom is 0.324 e. The van der Waals surface area contributed by atoms with Gasteiger partial charge in [0.2, 0.25) is 0 Å². The molecule has 3 atom stereocenters. The molecule has 0 radical (unpaired) electrons. The minimum atomic E-state index is -0.593. The Kier molecular flexibility index (Phi) is 4.59. The first-order valence-corrected chi connectivity index (χ1v) is 8.28. The maximum atomic E-state index is 11.8. The van der Waals surface area contributed by atoms with Crippen LogP contribution < -0.4 is 0 Å². The quantitative estimate of drug-likeness (QED) is 0.853. The van der Waals surface area contributed by atoms with Gasteiger partial charge in [0.25, 0.3) is 0 Å². The molecule has 3 unspecified atom stereocenters. The van der Waals surface area contributed by atoms with E-state index >= 15 is 0 Å². The van der Waals surface area contributed by atoms with Crippen LogP contribution in [0.2, 0.25) is 0 Å². The van der Waals surface area contributed by atoms with Crippen LogP contribution in [0, 0.1) is 0 Å². The Morgan fingerprint density at radius 3 is 2.89 bits per heavy atom. The van der Waals surface area contributed by atoms with Gasteiger partial charge < -0.3 is 5.11 Å². The Balaban J connectivity index is 2.21. The highest BCUT2D eigenvalue weighted by atomic mass is 32.2. The second kappa shape index (κ2) is 5.83. The van der Waals surface area contributed by atoms with E-state index in [4.69, 9.17) is 0 Å². The molecule has 0 aromatic carbocycles. The zero-order chi connectivity index (χ0) is 13.2. The van der Waals surface area contributed by atoms with Crippen LogP contribution in [-0.2, 0) is 4.79 Å². The van der Waals surface area contributed by atoms with Crippen LogP contribution in [0.3, 0.4) is 0 Å². The number of hydrogen-bond acceptors (Lipinski definition) is 3. The van der Waals surface area contributed by atoms with Gasteiger partial charge >= 0.3 is 5.97 Å². The molecule has 0 aromatic heterocycles. The predicted octanol–water partition coefficient (Wildman–Crippen LogP) is 2.99. The maximum absolute atomic E-state index is 11.8. The van der Waals surface area contributed by atoms with Crippen molar-refractivity contribution in [2.75, 3.05) is 12.3 Å². The van der Waals surface area contributed by atoms with Crippen molar-refractivity contribution in [2.45, 2.75) is 69.2 Å². The van der Waals surface area contributed by atoms with Crippen molar-refractivity contribution in [3.05, 3.63) is 0 Å². The number of nitrogens with zero attached hydrogens (tertiary/aromatic N) is 1. The molecule has 0 saturated carbocycles. The molecule has 1 N–H and O–H groups in total. The lowest BCUT2D eigenvalue weighted by molar-refractivity contribution is -0.152. The number of aliphatic carboxylic acids is 1.